The molecule has 0 saturated heterocycles. The van der Waals surface area contributed by atoms with Gasteiger partial charge in [0.25, 0.3) is 5.91 Å². The van der Waals surface area contributed by atoms with E-state index in [1.54, 1.807) is 23.9 Å². The second-order valence-corrected chi connectivity index (χ2v) is 5.93. The predicted octanol–water partition coefficient (Wildman–Crippen LogP) is 2.89. The van der Waals surface area contributed by atoms with E-state index >= 15 is 0 Å². The van der Waals surface area contributed by atoms with Gasteiger partial charge < -0.3 is 19.4 Å². The number of carbonyl (C=O) groups excluding carboxylic acids is 1. The number of anilines is 1. The molecule has 0 saturated carbocycles. The van der Waals surface area contributed by atoms with Crippen LogP contribution in [0.2, 0.25) is 5.02 Å². The molecule has 128 valence electrons. The van der Waals surface area contributed by atoms with Gasteiger partial charge in [-0.15, -0.1) is 0 Å². The van der Waals surface area contributed by atoms with E-state index in [0.717, 1.165) is 0 Å². The molecule has 2 aromatic heterocycles. The molecular formula is C17H15ClN4O3. The number of ether oxygens (including phenoxy) is 2. The molecule has 1 amide bonds. The molecule has 7 nitrogen and oxygen atoms in total. The highest BCUT2D eigenvalue weighted by atomic mass is 35.5. The fourth-order valence-electron chi connectivity index (χ4n) is 2.72. The molecule has 3 heterocycles. The molecule has 3 aromatic rings. The summed E-state index contributed by atoms with van der Waals surface area (Å²) < 4.78 is 14.5. The summed E-state index contributed by atoms with van der Waals surface area (Å²) >= 11 is 6.26. The Hall–Kier alpha value is -2.93. The topological polar surface area (TPSA) is 70.3 Å². The van der Waals surface area contributed by atoms with Crippen LogP contribution in [0.25, 0.3) is 5.82 Å². The van der Waals surface area contributed by atoms with Crippen LogP contribution in [-0.2, 0) is 7.05 Å². The summed E-state index contributed by atoms with van der Waals surface area (Å²) in [5.74, 6) is 1.48. The highest BCUT2D eigenvalue weighted by Crippen LogP contribution is 2.38. The number of nitrogens with zero attached hydrogens (tertiary/aromatic N) is 3. The molecule has 0 fully saturated rings. The van der Waals surface area contributed by atoms with Crippen molar-refractivity contribution in [3.8, 4) is 17.3 Å². The summed E-state index contributed by atoms with van der Waals surface area (Å²) in [7, 11) is 1.78. The lowest BCUT2D eigenvalue weighted by molar-refractivity contribution is 0.102. The SMILES string of the molecule is Cn1ncc(C(=O)Nc2cc3c(cc2Cl)OCCO3)c1-n1cccc1. The van der Waals surface area contributed by atoms with Gasteiger partial charge in [-0.3, -0.25) is 9.48 Å². The van der Waals surface area contributed by atoms with E-state index in [4.69, 9.17) is 21.1 Å². The van der Waals surface area contributed by atoms with E-state index in [-0.39, 0.29) is 5.91 Å². The lowest BCUT2D eigenvalue weighted by Gasteiger charge is -2.20. The average molecular weight is 359 g/mol. The quantitative estimate of drug-likeness (QED) is 0.781. The molecule has 1 aliphatic rings. The van der Waals surface area contributed by atoms with Gasteiger partial charge in [0.2, 0.25) is 0 Å². The van der Waals surface area contributed by atoms with Crippen molar-refractivity contribution in [3.63, 3.8) is 0 Å². The van der Waals surface area contributed by atoms with Gasteiger partial charge >= 0.3 is 0 Å². The van der Waals surface area contributed by atoms with Crippen molar-refractivity contribution in [2.45, 2.75) is 0 Å². The Morgan fingerprint density at radius 2 is 1.88 bits per heavy atom. The first-order valence-corrected chi connectivity index (χ1v) is 8.07. The zero-order chi connectivity index (χ0) is 17.4. The van der Waals surface area contributed by atoms with E-state index in [1.165, 1.54) is 6.20 Å². The van der Waals surface area contributed by atoms with Gasteiger partial charge in [0, 0.05) is 31.6 Å². The van der Waals surface area contributed by atoms with Crippen molar-refractivity contribution >= 4 is 23.2 Å². The number of nitrogens with one attached hydrogen (secondary N) is 1. The van der Waals surface area contributed by atoms with Crippen molar-refractivity contribution < 1.29 is 14.3 Å². The maximum absolute atomic E-state index is 12.8. The minimum Gasteiger partial charge on any atom is -0.486 e. The van der Waals surface area contributed by atoms with Crippen LogP contribution in [-0.4, -0.2) is 33.5 Å². The maximum atomic E-state index is 12.8. The van der Waals surface area contributed by atoms with Gasteiger partial charge in [-0.05, 0) is 12.1 Å². The van der Waals surface area contributed by atoms with E-state index in [1.807, 2.05) is 29.1 Å². The lowest BCUT2D eigenvalue weighted by Crippen LogP contribution is -2.17. The third kappa shape index (κ3) is 2.83. The normalized spacial score (nSPS) is 12.9. The van der Waals surface area contributed by atoms with Crippen LogP contribution < -0.4 is 14.8 Å². The third-order valence-corrected chi connectivity index (χ3v) is 4.19. The van der Waals surface area contributed by atoms with Crippen LogP contribution in [0.3, 0.4) is 0 Å². The van der Waals surface area contributed by atoms with E-state index in [0.29, 0.717) is 46.8 Å². The number of hydrogen-bond acceptors (Lipinski definition) is 4. The molecule has 8 heteroatoms. The fourth-order valence-corrected chi connectivity index (χ4v) is 2.92. The minimum absolute atomic E-state index is 0.310. The smallest absolute Gasteiger partial charge is 0.261 e. The monoisotopic (exact) mass is 358 g/mol. The summed E-state index contributed by atoms with van der Waals surface area (Å²) in [6.07, 6.45) is 5.23. The first-order valence-electron chi connectivity index (χ1n) is 7.69. The Labute approximate surface area is 148 Å². The van der Waals surface area contributed by atoms with Gasteiger partial charge in [-0.1, -0.05) is 11.6 Å². The van der Waals surface area contributed by atoms with Crippen LogP contribution in [0, 0.1) is 0 Å². The minimum atomic E-state index is -0.310. The number of rotatable bonds is 3. The second-order valence-electron chi connectivity index (χ2n) is 5.53. The van der Waals surface area contributed by atoms with Crippen LogP contribution in [0.15, 0.2) is 42.9 Å². The summed E-state index contributed by atoms with van der Waals surface area (Å²) in [6.45, 7) is 0.938. The van der Waals surface area contributed by atoms with Gasteiger partial charge in [0.1, 0.15) is 24.6 Å². The Kier molecular flexibility index (Phi) is 3.85. The Morgan fingerprint density at radius 3 is 2.60 bits per heavy atom. The number of carbonyl (C=O) groups is 1. The predicted molar refractivity (Wildman–Crippen MR) is 92.9 cm³/mol. The van der Waals surface area contributed by atoms with Crippen molar-refractivity contribution in [3.05, 3.63) is 53.4 Å². The molecule has 0 aliphatic carbocycles. The largest absolute Gasteiger partial charge is 0.486 e. The molecular weight excluding hydrogens is 344 g/mol. The van der Waals surface area contributed by atoms with Crippen LogP contribution in [0.5, 0.6) is 11.5 Å². The molecule has 0 bridgehead atoms. The number of benzene rings is 1. The maximum Gasteiger partial charge on any atom is 0.261 e. The number of amides is 1. The van der Waals surface area contributed by atoms with Crippen molar-refractivity contribution in [2.24, 2.45) is 7.05 Å². The van der Waals surface area contributed by atoms with Crippen molar-refractivity contribution in [2.75, 3.05) is 18.5 Å². The Bertz CT molecular complexity index is 934. The average Bonchev–Trinajstić information content (AvgIpc) is 3.24. The second kappa shape index (κ2) is 6.18. The van der Waals surface area contributed by atoms with Crippen molar-refractivity contribution in [1.82, 2.24) is 14.3 Å². The molecule has 1 aliphatic heterocycles. The highest BCUT2D eigenvalue weighted by molar-refractivity contribution is 6.34. The van der Waals surface area contributed by atoms with Crippen LogP contribution >= 0.6 is 11.6 Å². The molecule has 0 radical (unpaired) electrons. The number of halogens is 1. The van der Waals surface area contributed by atoms with Crippen LogP contribution in [0.4, 0.5) is 5.69 Å². The highest BCUT2D eigenvalue weighted by Gasteiger charge is 2.20. The fraction of sp³-hybridized carbons (Fsp3) is 0.176. The molecule has 1 aromatic carbocycles. The summed E-state index contributed by atoms with van der Waals surface area (Å²) in [5, 5.41) is 7.38. The molecule has 0 unspecified atom stereocenters. The molecule has 1 N–H and O–H groups in total. The zero-order valence-electron chi connectivity index (χ0n) is 13.4. The van der Waals surface area contributed by atoms with Crippen LogP contribution in [0.1, 0.15) is 10.4 Å². The Morgan fingerprint density at radius 1 is 1.20 bits per heavy atom. The van der Waals surface area contributed by atoms with E-state index < -0.39 is 0 Å². The number of aryl methyl sites for hydroxylation is 1. The first kappa shape index (κ1) is 15.6. The van der Waals surface area contributed by atoms with Gasteiger partial charge in [0.05, 0.1) is 16.9 Å². The summed E-state index contributed by atoms with van der Waals surface area (Å²) in [4.78, 5) is 12.8. The molecule has 0 atom stereocenters. The Balaban J connectivity index is 1.66. The number of aromatic nitrogens is 3. The molecule has 4 rings (SSSR count). The van der Waals surface area contributed by atoms with Gasteiger partial charge in [-0.25, -0.2) is 0 Å². The zero-order valence-corrected chi connectivity index (χ0v) is 14.2. The van der Waals surface area contributed by atoms with Gasteiger partial charge in [0.15, 0.2) is 11.5 Å². The third-order valence-electron chi connectivity index (χ3n) is 3.88. The lowest BCUT2D eigenvalue weighted by atomic mass is 10.2. The van der Waals surface area contributed by atoms with Crippen molar-refractivity contribution in [1.29, 1.82) is 0 Å². The van der Waals surface area contributed by atoms with E-state index in [9.17, 15) is 4.79 Å². The standard InChI is InChI=1S/C17H15ClN4O3/c1-21-17(22-4-2-3-5-22)11(10-19-21)16(23)20-13-9-15-14(8-12(13)18)24-6-7-25-15/h2-5,8-10H,6-7H2,1H3,(H,20,23). The first-order chi connectivity index (χ1) is 12.1. The molecule has 25 heavy (non-hydrogen) atoms. The van der Waals surface area contributed by atoms with E-state index in [2.05, 4.69) is 10.4 Å². The number of fused-ring (bicyclic) bond motifs is 1. The number of hydrogen-bond donors (Lipinski definition) is 1. The summed E-state index contributed by atoms with van der Waals surface area (Å²) in [6, 6.07) is 7.07. The summed E-state index contributed by atoms with van der Waals surface area (Å²) in [5.41, 5.74) is 0.892. The molecule has 0 spiro atoms. The van der Waals surface area contributed by atoms with Gasteiger partial charge in [-0.2, -0.15) is 5.10 Å².